The van der Waals surface area contributed by atoms with Crippen LogP contribution in [-0.2, 0) is 0 Å². The van der Waals surface area contributed by atoms with Crippen molar-refractivity contribution in [2.75, 3.05) is 5.32 Å². The van der Waals surface area contributed by atoms with Gasteiger partial charge in [0.2, 0.25) is 0 Å². The normalized spacial score (nSPS) is 12.3. The second-order valence-electron chi connectivity index (χ2n) is 4.16. The number of anilines is 1. The molecule has 0 heterocycles. The van der Waals surface area contributed by atoms with Gasteiger partial charge in [0, 0.05) is 15.7 Å². The van der Waals surface area contributed by atoms with Gasteiger partial charge in [0.25, 0.3) is 0 Å². The van der Waals surface area contributed by atoms with Gasteiger partial charge in [-0.25, -0.2) is 4.39 Å². The molecule has 19 heavy (non-hydrogen) atoms. The summed E-state index contributed by atoms with van der Waals surface area (Å²) in [5.41, 5.74) is 1.53. The predicted molar refractivity (Wildman–Crippen MR) is 79.9 cm³/mol. The molecule has 2 aromatic carbocycles. The van der Waals surface area contributed by atoms with Crippen molar-refractivity contribution in [2.45, 2.75) is 13.0 Å². The molecule has 0 bridgehead atoms. The van der Waals surface area contributed by atoms with Gasteiger partial charge in [-0.2, -0.15) is 0 Å². The Morgan fingerprint density at radius 2 is 1.63 bits per heavy atom. The fourth-order valence-corrected chi connectivity index (χ4v) is 2.42. The van der Waals surface area contributed by atoms with Gasteiger partial charge in [-0.3, -0.25) is 0 Å². The fraction of sp³-hybridized carbons (Fsp3) is 0.143. The first-order valence-corrected chi connectivity index (χ1v) is 6.77. The molecule has 0 saturated heterocycles. The molecule has 0 fully saturated rings. The second-order valence-corrected chi connectivity index (χ2v) is 5.41. The zero-order valence-corrected chi connectivity index (χ0v) is 12.3. The van der Waals surface area contributed by atoms with Gasteiger partial charge in [0.1, 0.15) is 5.82 Å². The molecule has 0 amide bonds. The minimum absolute atomic E-state index is 0.0208. The van der Waals surface area contributed by atoms with Crippen molar-refractivity contribution in [3.05, 3.63) is 62.8 Å². The summed E-state index contributed by atoms with van der Waals surface area (Å²) in [7, 11) is 0. The minimum Gasteiger partial charge on any atom is -0.378 e. The first kappa shape index (κ1) is 14.4. The lowest BCUT2D eigenvalue weighted by Gasteiger charge is -2.17. The Morgan fingerprint density at radius 1 is 1.00 bits per heavy atom. The Morgan fingerprint density at radius 3 is 2.26 bits per heavy atom. The SMILES string of the molecule is CC(Nc1ccc(Cl)cc1)c1cc(F)c(Cl)cc1Cl. The number of hydrogen-bond acceptors (Lipinski definition) is 1. The summed E-state index contributed by atoms with van der Waals surface area (Å²) in [5, 5.41) is 4.33. The van der Waals surface area contributed by atoms with Gasteiger partial charge in [-0.05, 0) is 48.9 Å². The maximum atomic E-state index is 13.5. The van der Waals surface area contributed by atoms with Gasteiger partial charge < -0.3 is 5.32 Å². The minimum atomic E-state index is -0.481. The molecule has 1 unspecified atom stereocenters. The van der Waals surface area contributed by atoms with Crippen molar-refractivity contribution in [2.24, 2.45) is 0 Å². The van der Waals surface area contributed by atoms with Crippen LogP contribution in [0.2, 0.25) is 15.1 Å². The van der Waals surface area contributed by atoms with E-state index in [9.17, 15) is 4.39 Å². The van der Waals surface area contributed by atoms with Crippen molar-refractivity contribution < 1.29 is 4.39 Å². The van der Waals surface area contributed by atoms with E-state index in [0.717, 1.165) is 5.69 Å². The van der Waals surface area contributed by atoms with E-state index in [1.165, 1.54) is 12.1 Å². The number of benzene rings is 2. The van der Waals surface area contributed by atoms with Crippen LogP contribution >= 0.6 is 34.8 Å². The van der Waals surface area contributed by atoms with Gasteiger partial charge >= 0.3 is 0 Å². The quantitative estimate of drug-likeness (QED) is 0.689. The van der Waals surface area contributed by atoms with Crippen LogP contribution in [0, 0.1) is 5.82 Å². The monoisotopic (exact) mass is 317 g/mol. The van der Waals surface area contributed by atoms with Crippen LogP contribution < -0.4 is 5.32 Å². The highest BCUT2D eigenvalue weighted by molar-refractivity contribution is 6.35. The summed E-state index contributed by atoms with van der Waals surface area (Å²) in [4.78, 5) is 0. The summed E-state index contributed by atoms with van der Waals surface area (Å²) in [6, 6.07) is 9.85. The van der Waals surface area contributed by atoms with Crippen LogP contribution in [0.15, 0.2) is 36.4 Å². The van der Waals surface area contributed by atoms with Gasteiger partial charge in [0.05, 0.1) is 11.1 Å². The van der Waals surface area contributed by atoms with Crippen LogP contribution in [0.5, 0.6) is 0 Å². The van der Waals surface area contributed by atoms with Crippen LogP contribution in [0.4, 0.5) is 10.1 Å². The molecular formula is C14H11Cl3FN. The van der Waals surface area contributed by atoms with Gasteiger partial charge in [-0.1, -0.05) is 34.8 Å². The lowest BCUT2D eigenvalue weighted by atomic mass is 10.1. The van der Waals surface area contributed by atoms with Crippen molar-refractivity contribution in [3.63, 3.8) is 0 Å². The summed E-state index contributed by atoms with van der Waals surface area (Å²) in [6.07, 6.45) is 0. The lowest BCUT2D eigenvalue weighted by molar-refractivity contribution is 0.624. The maximum Gasteiger partial charge on any atom is 0.142 e. The van der Waals surface area contributed by atoms with Crippen molar-refractivity contribution >= 4 is 40.5 Å². The average molecular weight is 319 g/mol. The highest BCUT2D eigenvalue weighted by Crippen LogP contribution is 2.30. The summed E-state index contributed by atoms with van der Waals surface area (Å²) < 4.78 is 13.5. The summed E-state index contributed by atoms with van der Waals surface area (Å²) in [6.45, 7) is 1.89. The third-order valence-electron chi connectivity index (χ3n) is 2.73. The van der Waals surface area contributed by atoms with Crippen molar-refractivity contribution in [3.8, 4) is 0 Å². The molecule has 0 aliphatic heterocycles. The highest BCUT2D eigenvalue weighted by atomic mass is 35.5. The lowest BCUT2D eigenvalue weighted by Crippen LogP contribution is -2.07. The molecule has 1 atom stereocenters. The van der Waals surface area contributed by atoms with E-state index in [4.69, 9.17) is 34.8 Å². The molecule has 2 aromatic rings. The van der Waals surface area contributed by atoms with E-state index in [1.807, 2.05) is 19.1 Å². The molecule has 100 valence electrons. The fourth-order valence-electron chi connectivity index (χ4n) is 1.74. The number of halogens is 4. The van der Waals surface area contributed by atoms with E-state index in [-0.39, 0.29) is 11.1 Å². The molecule has 1 N–H and O–H groups in total. The molecule has 0 spiro atoms. The van der Waals surface area contributed by atoms with Crippen LogP contribution in [0.1, 0.15) is 18.5 Å². The molecule has 0 radical (unpaired) electrons. The zero-order chi connectivity index (χ0) is 14.0. The van der Waals surface area contributed by atoms with E-state index in [2.05, 4.69) is 5.32 Å². The number of rotatable bonds is 3. The van der Waals surface area contributed by atoms with Crippen molar-refractivity contribution in [1.29, 1.82) is 0 Å². The first-order valence-electron chi connectivity index (χ1n) is 5.64. The Hall–Kier alpha value is -0.960. The molecule has 0 aromatic heterocycles. The van der Waals surface area contributed by atoms with Gasteiger partial charge in [0.15, 0.2) is 0 Å². The largest absolute Gasteiger partial charge is 0.378 e. The Balaban J connectivity index is 2.22. The third kappa shape index (κ3) is 3.53. The van der Waals surface area contributed by atoms with Crippen LogP contribution in [0.3, 0.4) is 0 Å². The third-order valence-corrected chi connectivity index (χ3v) is 3.60. The van der Waals surface area contributed by atoms with Crippen molar-refractivity contribution in [1.82, 2.24) is 0 Å². The van der Waals surface area contributed by atoms with Gasteiger partial charge in [-0.15, -0.1) is 0 Å². The summed E-state index contributed by atoms with van der Waals surface area (Å²) >= 11 is 17.6. The zero-order valence-electron chi connectivity index (χ0n) is 10.1. The molecule has 0 saturated carbocycles. The second kappa shape index (κ2) is 6.00. The Labute approximate surface area is 126 Å². The molecule has 0 aliphatic rings. The average Bonchev–Trinajstić information content (AvgIpc) is 2.36. The van der Waals surface area contributed by atoms with E-state index in [0.29, 0.717) is 15.6 Å². The van der Waals surface area contributed by atoms with Crippen LogP contribution in [-0.4, -0.2) is 0 Å². The topological polar surface area (TPSA) is 12.0 Å². The standard InChI is InChI=1S/C14H11Cl3FN/c1-8(19-10-4-2-9(15)3-5-10)11-6-14(18)13(17)7-12(11)16/h2-8,19H,1H3. The number of nitrogens with one attached hydrogen (secondary N) is 1. The first-order chi connectivity index (χ1) is 8.97. The molecular weight excluding hydrogens is 308 g/mol. The van der Waals surface area contributed by atoms with E-state index >= 15 is 0 Å². The highest BCUT2D eigenvalue weighted by Gasteiger charge is 2.13. The molecule has 5 heteroatoms. The van der Waals surface area contributed by atoms with E-state index in [1.54, 1.807) is 12.1 Å². The smallest absolute Gasteiger partial charge is 0.142 e. The van der Waals surface area contributed by atoms with Crippen LogP contribution in [0.25, 0.3) is 0 Å². The maximum absolute atomic E-state index is 13.5. The number of hydrogen-bond donors (Lipinski definition) is 1. The van der Waals surface area contributed by atoms with E-state index < -0.39 is 5.82 Å². The predicted octanol–water partition coefficient (Wildman–Crippen LogP) is 5.96. The molecule has 2 rings (SSSR count). The molecule has 1 nitrogen and oxygen atoms in total. The summed E-state index contributed by atoms with van der Waals surface area (Å²) in [5.74, 6) is -0.481. The molecule has 0 aliphatic carbocycles. The Kier molecular flexibility index (Phi) is 4.56. The Bertz CT molecular complexity index is 584.